The third-order valence-electron chi connectivity index (χ3n) is 5.76. The van der Waals surface area contributed by atoms with Crippen LogP contribution in [-0.4, -0.2) is 0 Å². The zero-order valence-electron chi connectivity index (χ0n) is 18.1. The van der Waals surface area contributed by atoms with Crippen LogP contribution in [-0.2, 0) is 6.42 Å². The fraction of sp³-hybridized carbons (Fsp3) is 0.185. The minimum atomic E-state index is -1.81. The number of hydrogen-bond donors (Lipinski definition) is 0. The lowest BCUT2D eigenvalue weighted by atomic mass is 9.95. The molecule has 4 aromatic rings. The van der Waals surface area contributed by atoms with Crippen molar-refractivity contribution in [3.8, 4) is 22.3 Å². The van der Waals surface area contributed by atoms with Crippen molar-refractivity contribution < 1.29 is 30.7 Å². The fourth-order valence-corrected chi connectivity index (χ4v) is 4.07. The van der Waals surface area contributed by atoms with Gasteiger partial charge in [0.15, 0.2) is 17.5 Å². The van der Waals surface area contributed by atoms with E-state index in [0.29, 0.717) is 18.1 Å². The highest BCUT2D eigenvalue weighted by atomic mass is 19.2. The zero-order valence-corrected chi connectivity index (χ0v) is 18.1. The minimum Gasteiger partial charge on any atom is -0.206 e. The van der Waals surface area contributed by atoms with Crippen LogP contribution < -0.4 is 0 Å². The normalized spacial score (nSPS) is 11.4. The van der Waals surface area contributed by atoms with Crippen LogP contribution in [0.5, 0.6) is 0 Å². The van der Waals surface area contributed by atoms with Crippen LogP contribution in [0.25, 0.3) is 33.0 Å². The third-order valence-corrected chi connectivity index (χ3v) is 5.76. The molecule has 176 valence electrons. The molecule has 0 heterocycles. The van der Waals surface area contributed by atoms with Crippen LogP contribution in [0.3, 0.4) is 0 Å². The van der Waals surface area contributed by atoms with E-state index >= 15 is 0 Å². The van der Waals surface area contributed by atoms with Gasteiger partial charge in [0, 0.05) is 5.56 Å². The average Bonchev–Trinajstić information content (AvgIpc) is 2.77. The number of benzene rings is 4. The molecule has 0 bridgehead atoms. The smallest absolute Gasteiger partial charge is 0.195 e. The zero-order chi connectivity index (χ0) is 24.6. The first-order valence-electron chi connectivity index (χ1n) is 10.8. The van der Waals surface area contributed by atoms with E-state index < -0.39 is 51.7 Å². The van der Waals surface area contributed by atoms with Crippen LogP contribution in [0.15, 0.2) is 48.5 Å². The molecule has 0 unspecified atom stereocenters. The largest absolute Gasteiger partial charge is 0.206 e. The molecule has 0 saturated heterocycles. The maximum absolute atomic E-state index is 14.9. The molecular formula is C27H19F7. The first-order valence-corrected chi connectivity index (χ1v) is 10.8. The van der Waals surface area contributed by atoms with Crippen LogP contribution >= 0.6 is 0 Å². The van der Waals surface area contributed by atoms with Crippen molar-refractivity contribution in [2.24, 2.45) is 0 Å². The van der Waals surface area contributed by atoms with Gasteiger partial charge in [0.1, 0.15) is 23.3 Å². The molecule has 0 amide bonds. The molecule has 0 aliphatic rings. The van der Waals surface area contributed by atoms with Gasteiger partial charge in [-0.05, 0) is 71.3 Å². The van der Waals surface area contributed by atoms with E-state index in [-0.39, 0.29) is 22.1 Å². The van der Waals surface area contributed by atoms with E-state index in [0.717, 1.165) is 37.5 Å². The van der Waals surface area contributed by atoms with Crippen molar-refractivity contribution in [2.45, 2.75) is 32.6 Å². The summed E-state index contributed by atoms with van der Waals surface area (Å²) >= 11 is 0. The molecule has 0 aromatic heterocycles. The molecule has 4 aromatic carbocycles. The van der Waals surface area contributed by atoms with Gasteiger partial charge in [0.25, 0.3) is 0 Å². The first kappa shape index (κ1) is 23.8. The van der Waals surface area contributed by atoms with Crippen molar-refractivity contribution in [1.29, 1.82) is 0 Å². The van der Waals surface area contributed by atoms with Gasteiger partial charge >= 0.3 is 0 Å². The molecule has 34 heavy (non-hydrogen) atoms. The highest BCUT2D eigenvalue weighted by Crippen LogP contribution is 2.35. The van der Waals surface area contributed by atoms with E-state index in [4.69, 9.17) is 0 Å². The van der Waals surface area contributed by atoms with Crippen molar-refractivity contribution >= 4 is 10.8 Å². The van der Waals surface area contributed by atoms with Gasteiger partial charge in [-0.1, -0.05) is 31.9 Å². The molecule has 0 atom stereocenters. The van der Waals surface area contributed by atoms with Gasteiger partial charge in [-0.2, -0.15) is 0 Å². The summed E-state index contributed by atoms with van der Waals surface area (Å²) in [5.41, 5.74) is -0.184. The summed E-state index contributed by atoms with van der Waals surface area (Å²) in [7, 11) is 0. The van der Waals surface area contributed by atoms with E-state index in [9.17, 15) is 30.7 Å². The summed E-state index contributed by atoms with van der Waals surface area (Å²) in [4.78, 5) is 0. The lowest BCUT2D eigenvalue weighted by molar-refractivity contribution is 0.451. The topological polar surface area (TPSA) is 0 Å². The Morgan fingerprint density at radius 2 is 1.26 bits per heavy atom. The lowest BCUT2D eigenvalue weighted by Crippen LogP contribution is -1.97. The van der Waals surface area contributed by atoms with E-state index in [1.807, 2.05) is 6.92 Å². The Morgan fingerprint density at radius 1 is 0.588 bits per heavy atom. The fourth-order valence-electron chi connectivity index (χ4n) is 4.07. The maximum Gasteiger partial charge on any atom is 0.195 e. The van der Waals surface area contributed by atoms with Crippen molar-refractivity contribution in [1.82, 2.24) is 0 Å². The van der Waals surface area contributed by atoms with Gasteiger partial charge in [0.05, 0.1) is 10.9 Å². The molecule has 7 heteroatoms. The molecule has 0 radical (unpaired) electrons. The van der Waals surface area contributed by atoms with Gasteiger partial charge < -0.3 is 0 Å². The third kappa shape index (κ3) is 4.39. The number of hydrogen-bond acceptors (Lipinski definition) is 0. The van der Waals surface area contributed by atoms with Crippen LogP contribution in [0.2, 0.25) is 0 Å². The first-order chi connectivity index (χ1) is 16.2. The standard InChI is InChI=1S/C27H19F7/c1-2-3-4-5-14-8-20(29)24(21(30)9-14)15-6-7-18(19(28)11-15)16-10-17-13-23(32)26(33)27(34)25(17)22(31)12-16/h6-13H,2-5H2,1H3. The molecule has 0 aliphatic heterocycles. The van der Waals surface area contributed by atoms with Crippen LogP contribution in [0.4, 0.5) is 30.7 Å². The summed E-state index contributed by atoms with van der Waals surface area (Å²) in [6.07, 6.45) is 3.21. The summed E-state index contributed by atoms with van der Waals surface area (Å²) < 4.78 is 99.8. The van der Waals surface area contributed by atoms with Gasteiger partial charge in [-0.25, -0.2) is 30.7 Å². The lowest BCUT2D eigenvalue weighted by Gasteiger charge is -2.12. The molecular weight excluding hydrogens is 457 g/mol. The van der Waals surface area contributed by atoms with E-state index in [1.54, 1.807) is 0 Å². The number of fused-ring (bicyclic) bond motifs is 1. The van der Waals surface area contributed by atoms with E-state index in [2.05, 4.69) is 0 Å². The Hall–Kier alpha value is -3.35. The highest BCUT2D eigenvalue weighted by Gasteiger charge is 2.20. The van der Waals surface area contributed by atoms with Crippen molar-refractivity contribution in [2.75, 3.05) is 0 Å². The van der Waals surface area contributed by atoms with Gasteiger partial charge in [-0.15, -0.1) is 0 Å². The second-order valence-corrected chi connectivity index (χ2v) is 8.13. The molecule has 0 spiro atoms. The molecule has 0 fully saturated rings. The predicted molar refractivity (Wildman–Crippen MR) is 118 cm³/mol. The Morgan fingerprint density at radius 3 is 1.91 bits per heavy atom. The summed E-state index contributed by atoms with van der Waals surface area (Å²) in [6, 6.07) is 8.31. The second kappa shape index (κ2) is 9.49. The number of unbranched alkanes of at least 4 members (excludes halogenated alkanes) is 2. The van der Waals surface area contributed by atoms with Crippen molar-refractivity contribution in [3.63, 3.8) is 0 Å². The van der Waals surface area contributed by atoms with Crippen LogP contribution in [0.1, 0.15) is 31.7 Å². The quantitative estimate of drug-likeness (QED) is 0.148. The maximum atomic E-state index is 14.9. The predicted octanol–water partition coefficient (Wildman–Crippen LogP) is 8.88. The molecule has 0 N–H and O–H groups in total. The molecule has 0 saturated carbocycles. The Bertz CT molecular complexity index is 1370. The number of halogens is 7. The Kier molecular flexibility index (Phi) is 6.64. The molecule has 4 rings (SSSR count). The van der Waals surface area contributed by atoms with Gasteiger partial charge in [-0.3, -0.25) is 0 Å². The highest BCUT2D eigenvalue weighted by molar-refractivity contribution is 5.89. The summed E-state index contributed by atoms with van der Waals surface area (Å²) in [5, 5.41) is -1.06. The number of aryl methyl sites for hydroxylation is 1. The second-order valence-electron chi connectivity index (χ2n) is 8.13. The van der Waals surface area contributed by atoms with E-state index in [1.165, 1.54) is 24.3 Å². The van der Waals surface area contributed by atoms with Gasteiger partial charge in [0.2, 0.25) is 0 Å². The molecule has 0 aliphatic carbocycles. The molecule has 0 nitrogen and oxygen atoms in total. The Labute approximate surface area is 191 Å². The minimum absolute atomic E-state index is 0.0585. The van der Waals surface area contributed by atoms with Crippen LogP contribution in [0, 0.1) is 40.7 Å². The average molecular weight is 476 g/mol. The SMILES string of the molecule is CCCCCc1cc(F)c(-c2ccc(-c3cc(F)c4c(F)c(F)c(F)cc4c3)c(F)c2)c(F)c1. The Balaban J connectivity index is 1.74. The number of rotatable bonds is 6. The van der Waals surface area contributed by atoms with Crippen molar-refractivity contribution in [3.05, 3.63) is 94.8 Å². The summed E-state index contributed by atoms with van der Waals surface area (Å²) in [5.74, 6) is -8.80. The monoisotopic (exact) mass is 476 g/mol. The summed E-state index contributed by atoms with van der Waals surface area (Å²) in [6.45, 7) is 2.02.